The van der Waals surface area contributed by atoms with Gasteiger partial charge in [-0.15, -0.1) is 0 Å². The topological polar surface area (TPSA) is 9.23 Å². The Morgan fingerprint density at radius 1 is 0.840 bits per heavy atom. The van der Waals surface area contributed by atoms with Gasteiger partial charge in [-0.2, -0.15) is 13.2 Å². The highest BCUT2D eigenvalue weighted by molar-refractivity contribution is 5.47. The van der Waals surface area contributed by atoms with Crippen LogP contribution in [0.2, 0.25) is 0 Å². The molecule has 0 fully saturated rings. The second kappa shape index (κ2) is 7.05. The van der Waals surface area contributed by atoms with E-state index in [2.05, 4.69) is 0 Å². The van der Waals surface area contributed by atoms with Crippen LogP contribution in [0.15, 0.2) is 24.3 Å². The molecule has 0 radical (unpaired) electrons. The fraction of sp³-hybridized carbons (Fsp3) is 0.176. The lowest BCUT2D eigenvalue weighted by Crippen LogP contribution is -2.11. The average molecular weight is 362 g/mol. The quantitative estimate of drug-likeness (QED) is 0.536. The summed E-state index contributed by atoms with van der Waals surface area (Å²) in [6.45, 7) is 1.78. The molecule has 0 amide bonds. The highest BCUT2D eigenvalue weighted by Gasteiger charge is 2.37. The van der Waals surface area contributed by atoms with Gasteiger partial charge in [-0.3, -0.25) is 0 Å². The second-order valence-corrected chi connectivity index (χ2v) is 4.76. The number of rotatable bonds is 2. The maximum Gasteiger partial charge on any atom is 0.422 e. The SMILES string of the molecule is CCOc1cc(F)c(C#Cc2cc(F)c(C(F)(F)F)c(F)c2)c(F)c1. The molecule has 0 spiro atoms. The van der Waals surface area contributed by atoms with Crippen molar-refractivity contribution in [3.63, 3.8) is 0 Å². The van der Waals surface area contributed by atoms with E-state index in [1.807, 2.05) is 11.8 Å². The van der Waals surface area contributed by atoms with Gasteiger partial charge in [0.1, 0.15) is 34.6 Å². The van der Waals surface area contributed by atoms with E-state index in [0.29, 0.717) is 12.1 Å². The van der Waals surface area contributed by atoms with Crippen LogP contribution in [0.25, 0.3) is 0 Å². The molecule has 132 valence electrons. The molecule has 0 saturated heterocycles. The molecule has 0 saturated carbocycles. The van der Waals surface area contributed by atoms with Crippen LogP contribution in [-0.2, 0) is 6.18 Å². The summed E-state index contributed by atoms with van der Waals surface area (Å²) in [5, 5.41) is 0. The van der Waals surface area contributed by atoms with E-state index >= 15 is 0 Å². The molecule has 0 aliphatic heterocycles. The van der Waals surface area contributed by atoms with Crippen molar-refractivity contribution in [1.29, 1.82) is 0 Å². The van der Waals surface area contributed by atoms with Crippen LogP contribution in [0.4, 0.5) is 30.7 Å². The molecule has 0 aliphatic rings. The van der Waals surface area contributed by atoms with Gasteiger partial charge in [-0.05, 0) is 19.1 Å². The molecule has 0 aliphatic carbocycles. The lowest BCUT2D eigenvalue weighted by Gasteiger charge is -2.09. The summed E-state index contributed by atoms with van der Waals surface area (Å²) in [5.74, 6) is -1.93. The molecule has 0 N–H and O–H groups in total. The lowest BCUT2D eigenvalue weighted by atomic mass is 10.1. The van der Waals surface area contributed by atoms with Crippen molar-refractivity contribution in [2.45, 2.75) is 13.1 Å². The molecule has 2 rings (SSSR count). The summed E-state index contributed by atoms with van der Waals surface area (Å²) in [7, 11) is 0. The zero-order valence-corrected chi connectivity index (χ0v) is 12.6. The summed E-state index contributed by atoms with van der Waals surface area (Å²) in [5.41, 5.74) is -3.27. The number of halogens is 7. The molecule has 0 unspecified atom stereocenters. The van der Waals surface area contributed by atoms with Gasteiger partial charge in [-0.25, -0.2) is 17.6 Å². The van der Waals surface area contributed by atoms with Crippen molar-refractivity contribution in [3.05, 3.63) is 64.2 Å². The number of benzene rings is 2. The van der Waals surface area contributed by atoms with E-state index in [9.17, 15) is 30.7 Å². The zero-order chi connectivity index (χ0) is 18.8. The predicted octanol–water partition coefficient (Wildman–Crippen LogP) is 5.06. The van der Waals surface area contributed by atoms with E-state index in [1.54, 1.807) is 6.92 Å². The number of alkyl halides is 3. The largest absolute Gasteiger partial charge is 0.494 e. The normalized spacial score (nSPS) is 11.0. The van der Waals surface area contributed by atoms with Crippen molar-refractivity contribution in [1.82, 2.24) is 0 Å². The minimum absolute atomic E-state index is 0.0744. The van der Waals surface area contributed by atoms with Gasteiger partial charge in [0.2, 0.25) is 0 Å². The Labute approximate surface area is 138 Å². The number of ether oxygens (including phenoxy) is 1. The number of hydrogen-bond donors (Lipinski definition) is 0. The van der Waals surface area contributed by atoms with Crippen LogP contribution >= 0.6 is 0 Å². The zero-order valence-electron chi connectivity index (χ0n) is 12.6. The van der Waals surface area contributed by atoms with E-state index in [-0.39, 0.29) is 12.4 Å². The van der Waals surface area contributed by atoms with E-state index in [4.69, 9.17) is 4.74 Å². The highest BCUT2D eigenvalue weighted by Crippen LogP contribution is 2.33. The van der Waals surface area contributed by atoms with Crippen LogP contribution in [-0.4, -0.2) is 6.61 Å². The number of hydrogen-bond acceptors (Lipinski definition) is 1. The Morgan fingerprint density at radius 3 is 1.80 bits per heavy atom. The Bertz CT molecular complexity index is 814. The predicted molar refractivity (Wildman–Crippen MR) is 74.9 cm³/mol. The van der Waals surface area contributed by atoms with Crippen molar-refractivity contribution in [2.75, 3.05) is 6.61 Å². The molecule has 0 heterocycles. The smallest absolute Gasteiger partial charge is 0.422 e. The average Bonchev–Trinajstić information content (AvgIpc) is 2.44. The molecule has 1 nitrogen and oxygen atoms in total. The minimum atomic E-state index is -5.21. The molecule has 25 heavy (non-hydrogen) atoms. The van der Waals surface area contributed by atoms with Gasteiger partial charge >= 0.3 is 6.18 Å². The Kier molecular flexibility index (Phi) is 5.26. The molecule has 0 aromatic heterocycles. The Hall–Kier alpha value is -2.69. The van der Waals surface area contributed by atoms with Gasteiger partial charge in [0.25, 0.3) is 0 Å². The van der Waals surface area contributed by atoms with E-state index < -0.39 is 46.1 Å². The van der Waals surface area contributed by atoms with Crippen molar-refractivity contribution >= 4 is 0 Å². The third-order valence-corrected chi connectivity index (χ3v) is 2.98. The van der Waals surface area contributed by atoms with E-state index in [1.165, 1.54) is 0 Å². The Morgan fingerprint density at radius 2 is 1.36 bits per heavy atom. The summed E-state index contributed by atoms with van der Waals surface area (Å²) in [6, 6.07) is 2.40. The van der Waals surface area contributed by atoms with Crippen molar-refractivity contribution < 1.29 is 35.5 Å². The van der Waals surface area contributed by atoms with Crippen LogP contribution in [0.3, 0.4) is 0 Å². The molecular weight excluding hydrogens is 353 g/mol. The monoisotopic (exact) mass is 362 g/mol. The van der Waals surface area contributed by atoms with Crippen LogP contribution < -0.4 is 4.74 Å². The van der Waals surface area contributed by atoms with Crippen molar-refractivity contribution in [2.24, 2.45) is 0 Å². The van der Waals surface area contributed by atoms with Crippen LogP contribution in [0.5, 0.6) is 5.75 Å². The molecule has 2 aromatic carbocycles. The summed E-state index contributed by atoms with van der Waals surface area (Å²) < 4.78 is 96.8. The van der Waals surface area contributed by atoms with Crippen LogP contribution in [0.1, 0.15) is 23.6 Å². The first-order chi connectivity index (χ1) is 11.6. The van der Waals surface area contributed by atoms with Gasteiger partial charge < -0.3 is 4.74 Å². The molecule has 2 aromatic rings. The molecule has 0 atom stereocenters. The maximum atomic E-state index is 13.8. The van der Waals surface area contributed by atoms with Crippen LogP contribution in [0, 0.1) is 35.1 Å². The van der Waals surface area contributed by atoms with E-state index in [0.717, 1.165) is 12.1 Å². The summed E-state index contributed by atoms with van der Waals surface area (Å²) in [6.07, 6.45) is -5.21. The maximum absolute atomic E-state index is 13.8. The van der Waals surface area contributed by atoms with Crippen molar-refractivity contribution in [3.8, 4) is 17.6 Å². The van der Waals surface area contributed by atoms with Gasteiger partial charge in [0, 0.05) is 17.7 Å². The fourth-order valence-corrected chi connectivity index (χ4v) is 1.97. The standard InChI is InChI=1S/C17H9F7O/c1-2-25-10-7-12(18)11(13(19)8-10)4-3-9-5-14(20)16(15(21)6-9)17(22,23)24/h5-8H,2H2,1H3. The lowest BCUT2D eigenvalue weighted by molar-refractivity contribution is -0.142. The third kappa shape index (κ3) is 4.24. The summed E-state index contributed by atoms with van der Waals surface area (Å²) in [4.78, 5) is 0. The first-order valence-corrected chi connectivity index (χ1v) is 6.83. The third-order valence-electron chi connectivity index (χ3n) is 2.98. The molecule has 8 heteroatoms. The summed E-state index contributed by atoms with van der Waals surface area (Å²) >= 11 is 0. The second-order valence-electron chi connectivity index (χ2n) is 4.76. The first kappa shape index (κ1) is 18.6. The molecular formula is C17H9F7O. The molecule has 0 bridgehead atoms. The Balaban J connectivity index is 2.43. The fourth-order valence-electron chi connectivity index (χ4n) is 1.97. The highest BCUT2D eigenvalue weighted by atomic mass is 19.4. The first-order valence-electron chi connectivity index (χ1n) is 6.83. The van der Waals surface area contributed by atoms with Gasteiger partial charge in [-0.1, -0.05) is 11.8 Å². The van der Waals surface area contributed by atoms with Gasteiger partial charge in [0.05, 0.1) is 12.2 Å². The minimum Gasteiger partial charge on any atom is -0.494 e. The van der Waals surface area contributed by atoms with Gasteiger partial charge in [0.15, 0.2) is 0 Å².